The van der Waals surface area contributed by atoms with Crippen molar-refractivity contribution in [3.8, 4) is 0 Å². The van der Waals surface area contributed by atoms with Gasteiger partial charge in [0.1, 0.15) is 0 Å². The second-order valence-electron chi connectivity index (χ2n) is 4.20. The molecule has 0 unspecified atom stereocenters. The Labute approximate surface area is 106 Å². The second-order valence-corrected chi connectivity index (χ2v) is 5.26. The van der Waals surface area contributed by atoms with Crippen LogP contribution in [0.5, 0.6) is 0 Å². The highest BCUT2D eigenvalue weighted by Gasteiger charge is 2.11. The topological polar surface area (TPSA) is 42.7 Å². The van der Waals surface area contributed by atoms with Gasteiger partial charge in [0.05, 0.1) is 22.9 Å². The molecule has 17 heavy (non-hydrogen) atoms. The third kappa shape index (κ3) is 2.56. The number of nitrogens with one attached hydrogen (secondary N) is 1. The van der Waals surface area contributed by atoms with Gasteiger partial charge in [-0.15, -0.1) is 11.3 Å². The molecule has 0 saturated heterocycles. The Balaban J connectivity index is 2.24. The van der Waals surface area contributed by atoms with Crippen molar-refractivity contribution in [1.82, 2.24) is 20.1 Å². The first-order valence-corrected chi connectivity index (χ1v) is 6.58. The van der Waals surface area contributed by atoms with Gasteiger partial charge in [-0.2, -0.15) is 5.10 Å². The van der Waals surface area contributed by atoms with Crippen molar-refractivity contribution in [3.05, 3.63) is 33.0 Å². The average Bonchev–Trinajstić information content (AvgIpc) is 2.79. The number of hydrogen-bond acceptors (Lipinski definition) is 4. The van der Waals surface area contributed by atoms with E-state index >= 15 is 0 Å². The molecule has 0 amide bonds. The molecule has 1 N–H and O–H groups in total. The summed E-state index contributed by atoms with van der Waals surface area (Å²) in [6.07, 6.45) is 0. The van der Waals surface area contributed by atoms with Gasteiger partial charge in [-0.1, -0.05) is 0 Å². The quantitative estimate of drug-likeness (QED) is 0.903. The van der Waals surface area contributed by atoms with Gasteiger partial charge in [-0.05, 0) is 27.8 Å². The predicted octanol–water partition coefficient (Wildman–Crippen LogP) is 2.03. The first-order chi connectivity index (χ1) is 8.11. The third-order valence-electron chi connectivity index (χ3n) is 2.86. The first kappa shape index (κ1) is 12.3. The van der Waals surface area contributed by atoms with Gasteiger partial charge in [-0.25, -0.2) is 4.98 Å². The van der Waals surface area contributed by atoms with Crippen molar-refractivity contribution in [1.29, 1.82) is 0 Å². The molecule has 0 bridgehead atoms. The lowest BCUT2D eigenvalue weighted by molar-refractivity contribution is 0.647. The summed E-state index contributed by atoms with van der Waals surface area (Å²) in [5, 5.41) is 11.0. The molecule has 0 spiro atoms. The molecular weight excluding hydrogens is 232 g/mol. The van der Waals surface area contributed by atoms with E-state index in [-0.39, 0.29) is 0 Å². The number of thiazole rings is 1. The highest BCUT2D eigenvalue weighted by atomic mass is 32.1. The van der Waals surface area contributed by atoms with Crippen LogP contribution in [0.4, 0.5) is 0 Å². The monoisotopic (exact) mass is 250 g/mol. The molecule has 0 aliphatic rings. The van der Waals surface area contributed by atoms with Crippen LogP contribution in [0.1, 0.15) is 27.7 Å². The fourth-order valence-corrected chi connectivity index (χ4v) is 2.56. The van der Waals surface area contributed by atoms with Crippen molar-refractivity contribution >= 4 is 11.3 Å². The zero-order chi connectivity index (χ0) is 12.4. The van der Waals surface area contributed by atoms with E-state index in [1.54, 1.807) is 11.3 Å². The molecule has 0 aliphatic carbocycles. The van der Waals surface area contributed by atoms with Crippen molar-refractivity contribution < 1.29 is 0 Å². The molecule has 0 radical (unpaired) electrons. The molecule has 92 valence electrons. The Bertz CT molecular complexity index is 513. The van der Waals surface area contributed by atoms with Gasteiger partial charge in [0.25, 0.3) is 0 Å². The van der Waals surface area contributed by atoms with Crippen LogP contribution in [-0.4, -0.2) is 21.8 Å². The summed E-state index contributed by atoms with van der Waals surface area (Å²) in [6.45, 7) is 7.84. The van der Waals surface area contributed by atoms with Crippen LogP contribution >= 0.6 is 11.3 Å². The van der Waals surface area contributed by atoms with Crippen LogP contribution in [0.3, 0.4) is 0 Å². The van der Waals surface area contributed by atoms with Crippen molar-refractivity contribution in [2.45, 2.75) is 33.9 Å². The van der Waals surface area contributed by atoms with Gasteiger partial charge < -0.3 is 5.32 Å². The minimum atomic E-state index is 0.765. The highest BCUT2D eigenvalue weighted by molar-refractivity contribution is 7.09. The molecule has 2 aromatic rings. The standard InChI is InChI=1S/C12H18N4S/c1-8-12(5-13-4)9(2)16(15-8)6-11-7-17-10(3)14-11/h7,13H,5-6H2,1-4H3. The van der Waals surface area contributed by atoms with E-state index in [1.807, 2.05) is 18.7 Å². The fraction of sp³-hybridized carbons (Fsp3) is 0.500. The molecule has 0 aromatic carbocycles. The Morgan fingerprint density at radius 3 is 2.71 bits per heavy atom. The van der Waals surface area contributed by atoms with Gasteiger partial charge in [-0.3, -0.25) is 4.68 Å². The Hall–Kier alpha value is -1.20. The highest BCUT2D eigenvalue weighted by Crippen LogP contribution is 2.15. The smallest absolute Gasteiger partial charge is 0.0898 e. The van der Waals surface area contributed by atoms with Crippen molar-refractivity contribution in [3.63, 3.8) is 0 Å². The second kappa shape index (κ2) is 4.98. The van der Waals surface area contributed by atoms with E-state index in [4.69, 9.17) is 0 Å². The van der Waals surface area contributed by atoms with E-state index in [9.17, 15) is 0 Å². The minimum Gasteiger partial charge on any atom is -0.316 e. The Morgan fingerprint density at radius 1 is 1.35 bits per heavy atom. The lowest BCUT2D eigenvalue weighted by atomic mass is 10.2. The number of aryl methyl sites for hydroxylation is 2. The number of nitrogens with zero attached hydrogens (tertiary/aromatic N) is 3. The van der Waals surface area contributed by atoms with E-state index in [0.717, 1.165) is 29.5 Å². The number of hydrogen-bond donors (Lipinski definition) is 1. The minimum absolute atomic E-state index is 0.765. The van der Waals surface area contributed by atoms with E-state index in [0.29, 0.717) is 0 Å². The average molecular weight is 250 g/mol. The normalized spacial score (nSPS) is 11.1. The Morgan fingerprint density at radius 2 is 2.12 bits per heavy atom. The van der Waals surface area contributed by atoms with Crippen LogP contribution in [0, 0.1) is 20.8 Å². The van der Waals surface area contributed by atoms with Gasteiger partial charge in [0.2, 0.25) is 0 Å². The van der Waals surface area contributed by atoms with Crippen molar-refractivity contribution in [2.24, 2.45) is 0 Å². The number of rotatable bonds is 4. The summed E-state index contributed by atoms with van der Waals surface area (Å²) >= 11 is 1.69. The van der Waals surface area contributed by atoms with Gasteiger partial charge >= 0.3 is 0 Å². The summed E-state index contributed by atoms with van der Waals surface area (Å²) in [4.78, 5) is 4.47. The van der Waals surface area contributed by atoms with Crippen LogP contribution in [0.25, 0.3) is 0 Å². The maximum Gasteiger partial charge on any atom is 0.0898 e. The lowest BCUT2D eigenvalue weighted by Crippen LogP contribution is -2.08. The molecule has 2 aromatic heterocycles. The van der Waals surface area contributed by atoms with E-state index in [2.05, 4.69) is 34.6 Å². The summed E-state index contributed by atoms with van der Waals surface area (Å²) in [7, 11) is 1.96. The summed E-state index contributed by atoms with van der Waals surface area (Å²) in [6, 6.07) is 0. The first-order valence-electron chi connectivity index (χ1n) is 5.70. The van der Waals surface area contributed by atoms with Crippen LogP contribution in [-0.2, 0) is 13.1 Å². The fourth-order valence-electron chi connectivity index (χ4n) is 1.95. The third-order valence-corrected chi connectivity index (χ3v) is 3.69. The summed E-state index contributed by atoms with van der Waals surface area (Å²) in [5.41, 5.74) is 4.71. The molecule has 2 rings (SSSR count). The van der Waals surface area contributed by atoms with Crippen LogP contribution in [0.15, 0.2) is 5.38 Å². The zero-order valence-corrected chi connectivity index (χ0v) is 11.6. The van der Waals surface area contributed by atoms with Gasteiger partial charge in [0, 0.05) is 23.2 Å². The molecule has 0 fully saturated rings. The molecule has 5 heteroatoms. The molecule has 2 heterocycles. The summed E-state index contributed by atoms with van der Waals surface area (Å²) < 4.78 is 2.04. The molecular formula is C12H18N4S. The maximum atomic E-state index is 4.57. The molecule has 0 aliphatic heterocycles. The zero-order valence-electron chi connectivity index (χ0n) is 10.7. The Kier molecular flexibility index (Phi) is 3.59. The molecule has 0 atom stereocenters. The van der Waals surface area contributed by atoms with Crippen LogP contribution in [0.2, 0.25) is 0 Å². The van der Waals surface area contributed by atoms with E-state index < -0.39 is 0 Å². The predicted molar refractivity (Wildman–Crippen MR) is 70.4 cm³/mol. The maximum absolute atomic E-state index is 4.57. The molecule has 0 saturated carbocycles. The lowest BCUT2D eigenvalue weighted by Gasteiger charge is -2.03. The molecule has 4 nitrogen and oxygen atoms in total. The van der Waals surface area contributed by atoms with Gasteiger partial charge in [0.15, 0.2) is 0 Å². The van der Waals surface area contributed by atoms with E-state index in [1.165, 1.54) is 11.3 Å². The van der Waals surface area contributed by atoms with Crippen LogP contribution < -0.4 is 5.32 Å². The summed E-state index contributed by atoms with van der Waals surface area (Å²) in [5.74, 6) is 0. The number of aromatic nitrogens is 3. The SMILES string of the molecule is CNCc1c(C)nn(Cc2csc(C)n2)c1C. The van der Waals surface area contributed by atoms with Crippen molar-refractivity contribution in [2.75, 3.05) is 7.05 Å². The largest absolute Gasteiger partial charge is 0.316 e.